The molecule has 0 fully saturated rings. The second-order valence-corrected chi connectivity index (χ2v) is 8.81. The van der Waals surface area contributed by atoms with Crippen LogP contribution in [0.3, 0.4) is 0 Å². The average molecular weight is 458 g/mol. The van der Waals surface area contributed by atoms with E-state index in [4.69, 9.17) is 13.9 Å². The van der Waals surface area contributed by atoms with Crippen LogP contribution < -0.4 is 9.64 Å². The summed E-state index contributed by atoms with van der Waals surface area (Å²) in [7, 11) is 0. The van der Waals surface area contributed by atoms with E-state index < -0.39 is 17.5 Å². The van der Waals surface area contributed by atoms with Gasteiger partial charge in [0.25, 0.3) is 0 Å². The van der Waals surface area contributed by atoms with Gasteiger partial charge in [-0.1, -0.05) is 57.2 Å². The molecule has 0 aliphatic carbocycles. The molecule has 6 nitrogen and oxygen atoms in total. The van der Waals surface area contributed by atoms with Crippen LogP contribution in [-0.4, -0.2) is 18.7 Å². The van der Waals surface area contributed by atoms with E-state index in [-0.39, 0.29) is 6.61 Å². The van der Waals surface area contributed by atoms with Crippen molar-refractivity contribution in [1.82, 2.24) is 0 Å². The lowest BCUT2D eigenvalue weighted by atomic mass is 9.89. The van der Waals surface area contributed by atoms with Crippen LogP contribution >= 0.6 is 0 Å². The van der Waals surface area contributed by atoms with E-state index in [1.165, 1.54) is 4.90 Å². The quantitative estimate of drug-likeness (QED) is 0.295. The van der Waals surface area contributed by atoms with Gasteiger partial charge in [0.15, 0.2) is 0 Å². The van der Waals surface area contributed by atoms with Gasteiger partial charge in [-0.3, -0.25) is 0 Å². The van der Waals surface area contributed by atoms with Crippen molar-refractivity contribution < 1.29 is 23.5 Å². The topological polar surface area (TPSA) is 69.0 Å². The third-order valence-corrected chi connectivity index (χ3v) is 5.24. The Kier molecular flexibility index (Phi) is 6.41. The molecule has 4 rings (SSSR count). The van der Waals surface area contributed by atoms with Gasteiger partial charge in [-0.2, -0.15) is 0 Å². The molecule has 0 saturated carbocycles. The highest BCUT2D eigenvalue weighted by atomic mass is 16.6. The minimum atomic E-state index is -0.575. The number of ether oxygens (including phenoxy) is 2. The first-order chi connectivity index (χ1) is 16.3. The number of hydrogen-bond donors (Lipinski definition) is 0. The van der Waals surface area contributed by atoms with E-state index in [0.29, 0.717) is 39.4 Å². The summed E-state index contributed by atoms with van der Waals surface area (Å²) >= 11 is 0. The average Bonchev–Trinajstić information content (AvgIpc) is 3.20. The van der Waals surface area contributed by atoms with E-state index in [1.54, 1.807) is 25.1 Å². The van der Waals surface area contributed by atoms with Gasteiger partial charge in [0, 0.05) is 10.8 Å². The smallest absolute Gasteiger partial charge is 0.424 e. The predicted octanol–water partition coefficient (Wildman–Crippen LogP) is 7.24. The van der Waals surface area contributed by atoms with Crippen molar-refractivity contribution in [3.8, 4) is 5.75 Å². The van der Waals surface area contributed by atoms with Crippen LogP contribution in [0, 0.1) is 0 Å². The Labute approximate surface area is 198 Å². The monoisotopic (exact) mass is 457 g/mol. The number of rotatable bonds is 5. The first-order valence-electron chi connectivity index (χ1n) is 11.2. The Morgan fingerprint density at radius 2 is 1.47 bits per heavy atom. The molecule has 0 saturated heterocycles. The molecule has 1 heterocycles. The molecule has 1 aromatic heterocycles. The fourth-order valence-corrected chi connectivity index (χ4v) is 3.73. The van der Waals surface area contributed by atoms with Gasteiger partial charge >= 0.3 is 12.1 Å². The van der Waals surface area contributed by atoms with Gasteiger partial charge < -0.3 is 13.9 Å². The lowest BCUT2D eigenvalue weighted by molar-refractivity contribution is 0.0523. The maximum Gasteiger partial charge on any atom is 0.424 e. The number of amides is 1. The van der Waals surface area contributed by atoms with E-state index in [2.05, 4.69) is 0 Å². The first-order valence-corrected chi connectivity index (χ1v) is 11.2. The van der Waals surface area contributed by atoms with E-state index in [9.17, 15) is 9.59 Å². The third-order valence-electron chi connectivity index (χ3n) is 5.24. The summed E-state index contributed by atoms with van der Waals surface area (Å²) in [6.07, 6.45) is -0.575. The highest BCUT2D eigenvalue weighted by Gasteiger charge is 2.30. The van der Waals surface area contributed by atoms with Crippen molar-refractivity contribution in [2.24, 2.45) is 0 Å². The first kappa shape index (κ1) is 23.1. The predicted molar refractivity (Wildman–Crippen MR) is 132 cm³/mol. The van der Waals surface area contributed by atoms with Crippen LogP contribution in [0.2, 0.25) is 0 Å². The zero-order chi connectivity index (χ0) is 24.3. The molecule has 4 aromatic rings. The Morgan fingerprint density at radius 1 is 0.882 bits per heavy atom. The summed E-state index contributed by atoms with van der Waals surface area (Å²) in [5, 5.41) is 0.541. The largest absolute Gasteiger partial charge is 0.462 e. The van der Waals surface area contributed by atoms with E-state index in [0.717, 1.165) is 0 Å². The van der Waals surface area contributed by atoms with Gasteiger partial charge in [0.05, 0.1) is 18.0 Å². The molecule has 174 valence electrons. The van der Waals surface area contributed by atoms with Gasteiger partial charge in [-0.05, 0) is 49.4 Å². The second kappa shape index (κ2) is 9.43. The fourth-order valence-electron chi connectivity index (χ4n) is 3.73. The van der Waals surface area contributed by atoms with Crippen LogP contribution in [0.1, 0.15) is 43.8 Å². The van der Waals surface area contributed by atoms with Crippen molar-refractivity contribution in [2.75, 3.05) is 11.5 Å². The molecule has 0 spiro atoms. The Morgan fingerprint density at radius 3 is 2.00 bits per heavy atom. The van der Waals surface area contributed by atoms with Crippen molar-refractivity contribution in [3.63, 3.8) is 0 Å². The third kappa shape index (κ3) is 4.66. The number of anilines is 2. The van der Waals surface area contributed by atoms with E-state index >= 15 is 0 Å². The van der Waals surface area contributed by atoms with Gasteiger partial charge in [-0.15, -0.1) is 0 Å². The molecule has 0 bridgehead atoms. The molecular weight excluding hydrogens is 430 g/mol. The van der Waals surface area contributed by atoms with Crippen molar-refractivity contribution in [1.29, 1.82) is 0 Å². The highest BCUT2D eigenvalue weighted by molar-refractivity contribution is 6.05. The Hall–Kier alpha value is -4.06. The second-order valence-electron chi connectivity index (χ2n) is 8.81. The molecular formula is C28H27NO5. The van der Waals surface area contributed by atoms with Crippen molar-refractivity contribution in [2.45, 2.75) is 33.1 Å². The van der Waals surface area contributed by atoms with Crippen LogP contribution in [-0.2, 0) is 10.2 Å². The number of benzene rings is 3. The molecule has 0 N–H and O–H groups in total. The fraction of sp³-hybridized carbons (Fsp3) is 0.214. The normalized spacial score (nSPS) is 11.3. The number of nitrogens with zero attached hydrogens (tertiary/aromatic N) is 1. The number of fused-ring (bicyclic) bond motifs is 1. The maximum atomic E-state index is 13.3. The molecule has 3 aromatic carbocycles. The number of carbonyl (C=O) groups excluding carboxylic acids is 2. The number of carbonyl (C=O) groups is 2. The lowest BCUT2D eigenvalue weighted by Gasteiger charge is -2.22. The number of para-hydroxylation sites is 2. The standard InChI is InChI=1S/C28H27NO5/c1-5-32-26(30)24-22-18-21(16-17-23(22)34-25(24)28(2,3)4)33-27(31)29(19-12-8-6-9-13-19)20-14-10-7-11-15-20/h6-18H,5H2,1-4H3. The van der Waals surface area contributed by atoms with E-state index in [1.807, 2.05) is 81.4 Å². The SMILES string of the molecule is CCOC(=O)c1c(C(C)(C)C)oc2ccc(OC(=O)N(c3ccccc3)c3ccccc3)cc12. The highest BCUT2D eigenvalue weighted by Crippen LogP contribution is 2.37. The summed E-state index contributed by atoms with van der Waals surface area (Å²) in [5.41, 5.74) is 1.80. The summed E-state index contributed by atoms with van der Waals surface area (Å²) in [5.74, 6) is 0.352. The zero-order valence-electron chi connectivity index (χ0n) is 19.7. The summed E-state index contributed by atoms with van der Waals surface area (Å²) in [6.45, 7) is 7.89. The van der Waals surface area contributed by atoms with Crippen LogP contribution in [0.15, 0.2) is 83.3 Å². The van der Waals surface area contributed by atoms with Crippen LogP contribution in [0.4, 0.5) is 16.2 Å². The molecule has 0 radical (unpaired) electrons. The number of furan rings is 1. The van der Waals surface area contributed by atoms with Crippen LogP contribution in [0.5, 0.6) is 5.75 Å². The lowest BCUT2D eigenvalue weighted by Crippen LogP contribution is -2.29. The molecule has 34 heavy (non-hydrogen) atoms. The minimum absolute atomic E-state index is 0.243. The maximum absolute atomic E-state index is 13.3. The molecule has 0 aliphatic rings. The summed E-state index contributed by atoms with van der Waals surface area (Å²) in [4.78, 5) is 27.6. The Balaban J connectivity index is 1.74. The molecule has 0 unspecified atom stereocenters. The molecule has 1 amide bonds. The molecule has 0 aliphatic heterocycles. The minimum Gasteiger partial charge on any atom is -0.462 e. The van der Waals surface area contributed by atoms with Crippen molar-refractivity contribution in [3.05, 3.63) is 90.2 Å². The number of esters is 1. The number of hydrogen-bond acceptors (Lipinski definition) is 5. The Bertz CT molecular complexity index is 1260. The van der Waals surface area contributed by atoms with Gasteiger partial charge in [0.1, 0.15) is 22.7 Å². The molecule has 6 heteroatoms. The molecule has 0 atom stereocenters. The van der Waals surface area contributed by atoms with Gasteiger partial charge in [0.2, 0.25) is 0 Å². The summed E-state index contributed by atoms with van der Waals surface area (Å²) < 4.78 is 17.1. The summed E-state index contributed by atoms with van der Waals surface area (Å²) in [6, 6.07) is 23.5. The van der Waals surface area contributed by atoms with Gasteiger partial charge in [-0.25, -0.2) is 14.5 Å². The van der Waals surface area contributed by atoms with Crippen LogP contribution in [0.25, 0.3) is 11.0 Å². The van der Waals surface area contributed by atoms with Crippen molar-refractivity contribution >= 4 is 34.4 Å². The zero-order valence-corrected chi connectivity index (χ0v) is 19.7.